The fraction of sp³-hybridized carbons (Fsp3) is 0.120. The lowest BCUT2D eigenvalue weighted by Crippen LogP contribution is -2.19. The largest absolute Gasteiger partial charge is 0.488 e. The molecule has 0 aliphatic heterocycles. The maximum Gasteiger partial charge on any atom is 0.323 e. The molecule has 0 spiro atoms. The monoisotopic (exact) mass is 524 g/mol. The van der Waals surface area contributed by atoms with Gasteiger partial charge in [0, 0.05) is 29.0 Å². The molecular formula is C25H22BrClN4O2. The Labute approximate surface area is 205 Å². The molecule has 1 heterocycles. The van der Waals surface area contributed by atoms with Crippen LogP contribution < -0.4 is 15.4 Å². The van der Waals surface area contributed by atoms with E-state index in [-0.39, 0.29) is 6.03 Å². The van der Waals surface area contributed by atoms with Gasteiger partial charge in [-0.05, 0) is 70.9 Å². The minimum absolute atomic E-state index is 0.360. The van der Waals surface area contributed by atoms with Gasteiger partial charge in [0.1, 0.15) is 12.4 Å². The van der Waals surface area contributed by atoms with Crippen LogP contribution in [0.15, 0.2) is 77.4 Å². The second-order valence-electron chi connectivity index (χ2n) is 7.54. The maximum atomic E-state index is 12.5. The number of hydrogen-bond acceptors (Lipinski definition) is 3. The molecule has 4 rings (SSSR count). The average Bonchev–Trinajstić information content (AvgIpc) is 3.13. The topological polar surface area (TPSA) is 68.2 Å². The van der Waals surface area contributed by atoms with Crippen LogP contribution in [0.4, 0.5) is 16.2 Å². The number of halogens is 2. The van der Waals surface area contributed by atoms with E-state index in [4.69, 9.17) is 16.3 Å². The number of rotatable bonds is 6. The van der Waals surface area contributed by atoms with Gasteiger partial charge in [0.05, 0.1) is 16.4 Å². The third kappa shape index (κ3) is 5.74. The number of anilines is 2. The van der Waals surface area contributed by atoms with Gasteiger partial charge in [-0.15, -0.1) is 0 Å². The highest BCUT2D eigenvalue weighted by Gasteiger charge is 2.16. The van der Waals surface area contributed by atoms with Gasteiger partial charge >= 0.3 is 6.03 Å². The molecular weight excluding hydrogens is 504 g/mol. The van der Waals surface area contributed by atoms with Crippen molar-refractivity contribution in [2.45, 2.75) is 13.5 Å². The van der Waals surface area contributed by atoms with E-state index in [9.17, 15) is 4.79 Å². The number of ether oxygens (including phenoxy) is 1. The number of carbonyl (C=O) groups excluding carboxylic acids is 1. The summed E-state index contributed by atoms with van der Waals surface area (Å²) in [7, 11) is 1.86. The molecule has 2 amide bonds. The fourth-order valence-electron chi connectivity index (χ4n) is 3.30. The van der Waals surface area contributed by atoms with Crippen LogP contribution in [0.5, 0.6) is 5.75 Å². The molecule has 3 aromatic carbocycles. The summed E-state index contributed by atoms with van der Waals surface area (Å²) in [4.78, 5) is 12.5. The number of amides is 2. The second-order valence-corrected chi connectivity index (χ2v) is 8.83. The van der Waals surface area contributed by atoms with Crippen molar-refractivity contribution in [1.82, 2.24) is 9.78 Å². The first kappa shape index (κ1) is 22.9. The van der Waals surface area contributed by atoms with Gasteiger partial charge in [0.2, 0.25) is 0 Å². The Hall–Kier alpha value is -3.29. The van der Waals surface area contributed by atoms with Gasteiger partial charge in [0.25, 0.3) is 0 Å². The van der Waals surface area contributed by atoms with Gasteiger partial charge in [-0.3, -0.25) is 4.68 Å². The predicted octanol–water partition coefficient (Wildman–Crippen LogP) is 7.03. The smallest absolute Gasteiger partial charge is 0.323 e. The van der Waals surface area contributed by atoms with Crippen molar-refractivity contribution in [3.63, 3.8) is 0 Å². The molecule has 0 bridgehead atoms. The molecule has 0 unspecified atom stereocenters. The summed E-state index contributed by atoms with van der Waals surface area (Å²) in [5.41, 5.74) is 5.18. The Bertz CT molecular complexity index is 1250. The van der Waals surface area contributed by atoms with E-state index in [0.717, 1.165) is 21.3 Å². The Kier molecular flexibility index (Phi) is 7.01. The number of nitrogens with one attached hydrogen (secondary N) is 2. The van der Waals surface area contributed by atoms with E-state index >= 15 is 0 Å². The number of hydrogen-bond donors (Lipinski definition) is 2. The van der Waals surface area contributed by atoms with Crippen molar-refractivity contribution in [1.29, 1.82) is 0 Å². The molecule has 1 aromatic heterocycles. The van der Waals surface area contributed by atoms with Crippen molar-refractivity contribution >= 4 is 44.9 Å². The van der Waals surface area contributed by atoms with Crippen LogP contribution in [-0.2, 0) is 13.7 Å². The Balaban J connectivity index is 1.57. The lowest BCUT2D eigenvalue weighted by molar-refractivity contribution is 0.262. The third-order valence-electron chi connectivity index (χ3n) is 5.00. The zero-order chi connectivity index (χ0) is 23.4. The van der Waals surface area contributed by atoms with Gasteiger partial charge in [-0.2, -0.15) is 5.10 Å². The average molecular weight is 526 g/mol. The zero-order valence-electron chi connectivity index (χ0n) is 18.1. The van der Waals surface area contributed by atoms with Crippen molar-refractivity contribution in [3.05, 3.63) is 93.5 Å². The molecule has 0 aliphatic carbocycles. The van der Waals surface area contributed by atoms with Gasteiger partial charge in [0.15, 0.2) is 0 Å². The molecule has 0 fully saturated rings. The van der Waals surface area contributed by atoms with E-state index < -0.39 is 0 Å². The highest BCUT2D eigenvalue weighted by atomic mass is 79.9. The van der Waals surface area contributed by atoms with Crippen molar-refractivity contribution in [2.75, 3.05) is 10.6 Å². The summed E-state index contributed by atoms with van der Waals surface area (Å²) in [5.74, 6) is 0.684. The zero-order valence-corrected chi connectivity index (χ0v) is 20.4. The highest BCUT2D eigenvalue weighted by Crippen LogP contribution is 2.37. The predicted molar refractivity (Wildman–Crippen MR) is 136 cm³/mol. The second kappa shape index (κ2) is 10.1. The number of urea groups is 1. The molecule has 168 valence electrons. The summed E-state index contributed by atoms with van der Waals surface area (Å²) < 4.78 is 8.75. The summed E-state index contributed by atoms with van der Waals surface area (Å²) in [5, 5.41) is 10.6. The molecule has 33 heavy (non-hydrogen) atoms. The molecule has 0 saturated carbocycles. The molecule has 0 radical (unpaired) electrons. The molecule has 2 N–H and O–H groups in total. The van der Waals surface area contributed by atoms with Gasteiger partial charge in [-0.1, -0.05) is 41.4 Å². The summed E-state index contributed by atoms with van der Waals surface area (Å²) in [6, 6.07) is 20.3. The molecule has 4 aromatic rings. The van der Waals surface area contributed by atoms with Crippen molar-refractivity contribution < 1.29 is 9.53 Å². The molecule has 0 aliphatic rings. The van der Waals surface area contributed by atoms with E-state index in [0.29, 0.717) is 28.8 Å². The standard InChI is InChI=1S/C25H22BrClN4O2/c1-16-3-5-17(6-4-16)15-33-23-12-11-20(13-21(23)24-22(26)14-28-31(24)2)30-25(32)29-19-9-7-18(27)8-10-19/h3-14H,15H2,1-2H3,(H2,29,30,32). The van der Waals surface area contributed by atoms with Crippen molar-refractivity contribution in [2.24, 2.45) is 7.05 Å². The summed E-state index contributed by atoms with van der Waals surface area (Å²) in [6.45, 7) is 2.48. The number of aromatic nitrogens is 2. The van der Waals surface area contributed by atoms with Crippen LogP contribution in [0, 0.1) is 6.92 Å². The third-order valence-corrected chi connectivity index (χ3v) is 5.84. The van der Waals surface area contributed by atoms with Gasteiger partial charge < -0.3 is 15.4 Å². The Morgan fingerprint density at radius 1 is 1.03 bits per heavy atom. The normalized spacial score (nSPS) is 10.7. The van der Waals surface area contributed by atoms with Crippen molar-refractivity contribution in [3.8, 4) is 17.0 Å². The van der Waals surface area contributed by atoms with E-state index in [1.807, 2.05) is 31.3 Å². The number of aryl methyl sites for hydroxylation is 2. The van der Waals surface area contributed by atoms with Crippen LogP contribution in [-0.4, -0.2) is 15.8 Å². The van der Waals surface area contributed by atoms with Crippen LogP contribution in [0.2, 0.25) is 5.02 Å². The number of nitrogens with zero attached hydrogens (tertiary/aromatic N) is 2. The Morgan fingerprint density at radius 2 is 1.70 bits per heavy atom. The van der Waals surface area contributed by atoms with E-state index in [1.165, 1.54) is 5.56 Å². The maximum absolute atomic E-state index is 12.5. The summed E-state index contributed by atoms with van der Waals surface area (Å²) in [6.07, 6.45) is 1.73. The fourth-order valence-corrected chi connectivity index (χ4v) is 3.99. The first-order valence-electron chi connectivity index (χ1n) is 10.2. The van der Waals surface area contributed by atoms with Crippen LogP contribution in [0.3, 0.4) is 0 Å². The molecule has 8 heteroatoms. The van der Waals surface area contributed by atoms with Crippen LogP contribution >= 0.6 is 27.5 Å². The lowest BCUT2D eigenvalue weighted by Gasteiger charge is -2.15. The Morgan fingerprint density at radius 3 is 2.36 bits per heavy atom. The highest BCUT2D eigenvalue weighted by molar-refractivity contribution is 9.10. The molecule has 0 saturated heterocycles. The molecule has 6 nitrogen and oxygen atoms in total. The quantitative estimate of drug-likeness (QED) is 0.284. The SMILES string of the molecule is Cc1ccc(COc2ccc(NC(=O)Nc3ccc(Cl)cc3)cc2-c2c(Br)cnn2C)cc1. The summed E-state index contributed by atoms with van der Waals surface area (Å²) >= 11 is 9.47. The first-order valence-corrected chi connectivity index (χ1v) is 11.4. The number of carbonyl (C=O) groups is 1. The lowest BCUT2D eigenvalue weighted by atomic mass is 10.1. The first-order chi connectivity index (χ1) is 15.9. The minimum atomic E-state index is -0.360. The number of benzene rings is 3. The van der Waals surface area contributed by atoms with E-state index in [1.54, 1.807) is 41.2 Å². The molecule has 0 atom stereocenters. The van der Waals surface area contributed by atoms with Gasteiger partial charge in [-0.25, -0.2) is 4.79 Å². The van der Waals surface area contributed by atoms with Crippen LogP contribution in [0.1, 0.15) is 11.1 Å². The van der Waals surface area contributed by atoms with E-state index in [2.05, 4.69) is 50.7 Å². The van der Waals surface area contributed by atoms with Crippen LogP contribution in [0.25, 0.3) is 11.3 Å². The minimum Gasteiger partial charge on any atom is -0.488 e.